The van der Waals surface area contributed by atoms with Gasteiger partial charge in [0.15, 0.2) is 0 Å². The van der Waals surface area contributed by atoms with E-state index in [0.717, 1.165) is 10.1 Å². The summed E-state index contributed by atoms with van der Waals surface area (Å²) >= 11 is 13.9. The molecular weight excluding hydrogens is 371 g/mol. The Kier molecular flexibility index (Phi) is 3.40. The van der Waals surface area contributed by atoms with Crippen LogP contribution < -0.4 is 16.0 Å². The van der Waals surface area contributed by atoms with Crippen molar-refractivity contribution in [2.75, 3.05) is 5.75 Å². The van der Waals surface area contributed by atoms with Crippen LogP contribution in [-0.2, 0) is 19.7 Å². The van der Waals surface area contributed by atoms with Crippen molar-refractivity contribution in [3.8, 4) is 5.75 Å². The fraction of sp³-hybridized carbons (Fsp3) is 0.375. The van der Waals surface area contributed by atoms with E-state index in [4.69, 9.17) is 27.9 Å². The normalized spacial score (nSPS) is 24.1. The van der Waals surface area contributed by atoms with E-state index in [9.17, 15) is 9.59 Å². The summed E-state index contributed by atoms with van der Waals surface area (Å²) in [5.74, 6) is 1.18. The molecule has 0 radical (unpaired) electrons. The molecule has 0 aliphatic carbocycles. The van der Waals surface area contributed by atoms with Crippen molar-refractivity contribution >= 4 is 35.0 Å². The second-order valence-corrected chi connectivity index (χ2v) is 8.12. The highest BCUT2D eigenvalue weighted by Gasteiger charge is 2.53. The van der Waals surface area contributed by atoms with Gasteiger partial charge in [0.2, 0.25) is 0 Å². The number of hydrogen-bond donors (Lipinski definition) is 0. The van der Waals surface area contributed by atoms with Crippen molar-refractivity contribution in [2.24, 2.45) is 14.1 Å². The standard InChI is InChI=1S/C16H14Cl2N2O3S/c1-16-9(8-4-7(17)5-10(18)12(8)23-16)6-24-14-11(16)13(21)19(2)15(22)20(14)3/h4-5,9H,6H2,1-3H3. The molecule has 2 aliphatic heterocycles. The Morgan fingerprint density at radius 3 is 2.67 bits per heavy atom. The maximum atomic E-state index is 12.8. The Hall–Kier alpha value is -1.37. The van der Waals surface area contributed by atoms with Crippen molar-refractivity contribution in [1.29, 1.82) is 0 Å². The van der Waals surface area contributed by atoms with E-state index in [-0.39, 0.29) is 17.2 Å². The van der Waals surface area contributed by atoms with Crippen LogP contribution in [0.1, 0.15) is 24.0 Å². The van der Waals surface area contributed by atoms with E-state index in [1.807, 2.05) is 13.0 Å². The van der Waals surface area contributed by atoms with Gasteiger partial charge >= 0.3 is 5.69 Å². The molecule has 0 N–H and O–H groups in total. The first kappa shape index (κ1) is 16.1. The average Bonchev–Trinajstić information content (AvgIpc) is 2.82. The summed E-state index contributed by atoms with van der Waals surface area (Å²) in [6, 6.07) is 3.48. The van der Waals surface area contributed by atoms with Gasteiger partial charge in [0.1, 0.15) is 11.4 Å². The van der Waals surface area contributed by atoms with E-state index in [1.54, 1.807) is 13.1 Å². The fourth-order valence-corrected chi connectivity index (χ4v) is 5.66. The highest BCUT2D eigenvalue weighted by Crippen LogP contribution is 2.57. The summed E-state index contributed by atoms with van der Waals surface area (Å²) in [6.45, 7) is 1.88. The molecule has 5 nitrogen and oxygen atoms in total. The topological polar surface area (TPSA) is 53.2 Å². The van der Waals surface area contributed by atoms with Crippen molar-refractivity contribution in [2.45, 2.75) is 23.5 Å². The molecule has 3 heterocycles. The van der Waals surface area contributed by atoms with Gasteiger partial charge in [0, 0.05) is 36.4 Å². The maximum Gasteiger partial charge on any atom is 0.331 e. The summed E-state index contributed by atoms with van der Waals surface area (Å²) in [5.41, 5.74) is -0.147. The largest absolute Gasteiger partial charge is 0.480 e. The molecule has 2 atom stereocenters. The number of nitrogens with zero attached hydrogens (tertiary/aromatic N) is 2. The van der Waals surface area contributed by atoms with E-state index in [2.05, 4.69) is 0 Å². The number of hydrogen-bond acceptors (Lipinski definition) is 4. The minimum Gasteiger partial charge on any atom is -0.480 e. The van der Waals surface area contributed by atoms with Crippen molar-refractivity contribution in [3.63, 3.8) is 0 Å². The Labute approximate surface area is 152 Å². The van der Waals surface area contributed by atoms with E-state index >= 15 is 0 Å². The van der Waals surface area contributed by atoms with Gasteiger partial charge in [-0.2, -0.15) is 0 Å². The lowest BCUT2D eigenvalue weighted by Crippen LogP contribution is -2.49. The van der Waals surface area contributed by atoms with Gasteiger partial charge in [0.25, 0.3) is 5.56 Å². The van der Waals surface area contributed by atoms with Crippen LogP contribution in [0.5, 0.6) is 5.75 Å². The minimum absolute atomic E-state index is 0.0635. The Morgan fingerprint density at radius 2 is 1.96 bits per heavy atom. The van der Waals surface area contributed by atoms with E-state index in [0.29, 0.717) is 32.1 Å². The van der Waals surface area contributed by atoms with Crippen molar-refractivity contribution < 1.29 is 4.74 Å². The van der Waals surface area contributed by atoms with E-state index < -0.39 is 5.60 Å². The summed E-state index contributed by atoms with van der Waals surface area (Å²) < 4.78 is 8.83. The third-order valence-corrected chi connectivity index (χ3v) is 6.64. The molecule has 0 spiro atoms. The van der Waals surface area contributed by atoms with Crippen LogP contribution in [0.25, 0.3) is 0 Å². The zero-order valence-corrected chi connectivity index (χ0v) is 15.6. The molecule has 8 heteroatoms. The lowest BCUT2D eigenvalue weighted by molar-refractivity contribution is 0.0841. The smallest absolute Gasteiger partial charge is 0.331 e. The lowest BCUT2D eigenvalue weighted by atomic mass is 9.82. The predicted octanol–water partition coefficient (Wildman–Crippen LogP) is 2.89. The number of thioether (sulfide) groups is 1. The zero-order chi connectivity index (χ0) is 17.4. The summed E-state index contributed by atoms with van der Waals surface area (Å²) in [4.78, 5) is 25.0. The average molecular weight is 385 g/mol. The van der Waals surface area contributed by atoms with Crippen LogP contribution in [0.15, 0.2) is 26.7 Å². The molecule has 1 aromatic carbocycles. The third kappa shape index (κ3) is 1.90. The molecule has 1 aromatic heterocycles. The predicted molar refractivity (Wildman–Crippen MR) is 94.8 cm³/mol. The minimum atomic E-state index is -0.877. The number of aromatic nitrogens is 2. The molecule has 0 bridgehead atoms. The van der Waals surface area contributed by atoms with Crippen LogP contribution in [0, 0.1) is 0 Å². The van der Waals surface area contributed by atoms with Crippen molar-refractivity contribution in [1.82, 2.24) is 9.13 Å². The van der Waals surface area contributed by atoms with E-state index in [1.165, 1.54) is 23.4 Å². The molecule has 4 rings (SSSR count). The van der Waals surface area contributed by atoms with Crippen LogP contribution in [0.4, 0.5) is 0 Å². The highest BCUT2D eigenvalue weighted by molar-refractivity contribution is 7.99. The highest BCUT2D eigenvalue weighted by atomic mass is 35.5. The third-order valence-electron chi connectivity index (χ3n) is 4.89. The Bertz CT molecular complexity index is 1010. The summed E-state index contributed by atoms with van der Waals surface area (Å²) in [6.07, 6.45) is 0. The van der Waals surface area contributed by atoms with Gasteiger partial charge in [-0.3, -0.25) is 13.9 Å². The molecule has 0 fully saturated rings. The van der Waals surface area contributed by atoms with Crippen LogP contribution >= 0.6 is 35.0 Å². The fourth-order valence-electron chi connectivity index (χ4n) is 3.58. The number of halogens is 2. The molecule has 2 unspecified atom stereocenters. The molecule has 2 aromatic rings. The first-order valence-electron chi connectivity index (χ1n) is 7.37. The van der Waals surface area contributed by atoms with Crippen LogP contribution in [-0.4, -0.2) is 14.9 Å². The second kappa shape index (κ2) is 5.07. The second-order valence-electron chi connectivity index (χ2n) is 6.26. The summed E-state index contributed by atoms with van der Waals surface area (Å²) in [5, 5.41) is 1.62. The van der Waals surface area contributed by atoms with Crippen LogP contribution in [0.3, 0.4) is 0 Å². The molecule has 126 valence electrons. The molecule has 2 aliphatic rings. The molecular formula is C16H14Cl2N2O3S. The first-order valence-corrected chi connectivity index (χ1v) is 9.11. The summed E-state index contributed by atoms with van der Waals surface area (Å²) in [7, 11) is 3.15. The zero-order valence-electron chi connectivity index (χ0n) is 13.2. The number of benzene rings is 1. The number of fused-ring (bicyclic) bond motifs is 5. The molecule has 24 heavy (non-hydrogen) atoms. The van der Waals surface area contributed by atoms with Crippen LogP contribution in [0.2, 0.25) is 10.0 Å². The van der Waals surface area contributed by atoms with Gasteiger partial charge in [-0.15, -0.1) is 11.8 Å². The van der Waals surface area contributed by atoms with Gasteiger partial charge in [-0.1, -0.05) is 23.2 Å². The van der Waals surface area contributed by atoms with Gasteiger partial charge in [-0.05, 0) is 19.1 Å². The Morgan fingerprint density at radius 1 is 1.25 bits per heavy atom. The number of rotatable bonds is 0. The van der Waals surface area contributed by atoms with Gasteiger partial charge < -0.3 is 4.74 Å². The molecule has 0 saturated carbocycles. The molecule has 0 saturated heterocycles. The SMILES string of the molecule is Cn1c2c(c(=O)n(C)c1=O)C1(C)Oc3c(Cl)cc(Cl)cc3C1CS2. The monoisotopic (exact) mass is 384 g/mol. The maximum absolute atomic E-state index is 12.8. The molecule has 0 amide bonds. The number of ether oxygens (including phenoxy) is 1. The Balaban J connectivity index is 2.04. The van der Waals surface area contributed by atoms with Crippen molar-refractivity contribution in [3.05, 3.63) is 54.1 Å². The van der Waals surface area contributed by atoms with Gasteiger partial charge in [-0.25, -0.2) is 4.79 Å². The quantitative estimate of drug-likeness (QED) is 0.655. The van der Waals surface area contributed by atoms with Gasteiger partial charge in [0.05, 0.1) is 15.6 Å². The lowest BCUT2D eigenvalue weighted by Gasteiger charge is -2.36. The first-order chi connectivity index (χ1) is 11.3.